The van der Waals surface area contributed by atoms with E-state index in [1.165, 1.54) is 66.1 Å². The van der Waals surface area contributed by atoms with E-state index >= 15 is 0 Å². The molecule has 0 spiro atoms. The molecule has 5 aromatic carbocycles. The van der Waals surface area contributed by atoms with Gasteiger partial charge in [0, 0.05) is 34.4 Å². The molecule has 0 bridgehead atoms. The zero-order valence-electron chi connectivity index (χ0n) is 19.8. The van der Waals surface area contributed by atoms with Gasteiger partial charge in [0.1, 0.15) is 0 Å². The van der Waals surface area contributed by atoms with Crippen LogP contribution in [0.4, 0.5) is 5.69 Å². The molecule has 0 amide bonds. The number of aliphatic imine (C=N–C) groups is 1. The molecule has 0 N–H and O–H groups in total. The van der Waals surface area contributed by atoms with Gasteiger partial charge in [-0.1, -0.05) is 74.5 Å². The Balaban J connectivity index is 1.52. The topological polar surface area (TPSA) is 17.3 Å². The van der Waals surface area contributed by atoms with Crippen LogP contribution in [-0.2, 0) is 11.8 Å². The molecule has 1 aliphatic carbocycles. The average molecular weight is 449 g/mol. The summed E-state index contributed by atoms with van der Waals surface area (Å²) >= 11 is 0. The molecule has 0 radical (unpaired) electrons. The highest BCUT2D eigenvalue weighted by Crippen LogP contribution is 2.53. The highest BCUT2D eigenvalue weighted by atomic mass is 15.0. The molecular weight excluding hydrogens is 424 g/mol. The van der Waals surface area contributed by atoms with Crippen LogP contribution in [0, 0.1) is 0 Å². The number of hydrogen-bond donors (Lipinski definition) is 0. The lowest BCUT2D eigenvalue weighted by molar-refractivity contribution is 0.667. The van der Waals surface area contributed by atoms with Crippen LogP contribution in [0.15, 0.2) is 96.0 Å². The van der Waals surface area contributed by atoms with E-state index in [0.29, 0.717) is 0 Å². The Hall–Kier alpha value is -4.17. The predicted octanol–water partition coefficient (Wildman–Crippen LogP) is 8.50. The smallest absolute Gasteiger partial charge is 0.0682 e. The van der Waals surface area contributed by atoms with Crippen LogP contribution in [0.1, 0.15) is 30.5 Å². The fraction of sp³-hybridized carbons (Fsp3) is 0.121. The van der Waals surface area contributed by atoms with Crippen molar-refractivity contribution in [1.82, 2.24) is 4.57 Å². The van der Waals surface area contributed by atoms with Crippen molar-refractivity contribution in [2.24, 2.45) is 4.99 Å². The molecule has 2 heterocycles. The van der Waals surface area contributed by atoms with E-state index in [4.69, 9.17) is 0 Å². The minimum absolute atomic E-state index is 0.0647. The number of hydrogen-bond acceptors (Lipinski definition) is 1. The molecule has 0 unspecified atom stereocenters. The Kier molecular flexibility index (Phi) is 3.55. The minimum Gasteiger partial charge on any atom is -0.309 e. The highest BCUT2D eigenvalue weighted by molar-refractivity contribution is 6.12. The first kappa shape index (κ1) is 19.2. The van der Waals surface area contributed by atoms with E-state index < -0.39 is 0 Å². The van der Waals surface area contributed by atoms with Crippen LogP contribution in [0.25, 0.3) is 49.4 Å². The number of benzene rings is 5. The van der Waals surface area contributed by atoms with Crippen molar-refractivity contribution < 1.29 is 0 Å². The first-order valence-corrected chi connectivity index (χ1v) is 12.4. The van der Waals surface area contributed by atoms with Gasteiger partial charge in [-0.15, -0.1) is 0 Å². The molecule has 1 aromatic heterocycles. The van der Waals surface area contributed by atoms with Gasteiger partial charge in [-0.3, -0.25) is 4.99 Å². The Bertz CT molecular complexity index is 1900. The zero-order valence-corrected chi connectivity index (χ0v) is 19.8. The molecule has 0 fully saturated rings. The van der Waals surface area contributed by atoms with Crippen LogP contribution in [0.5, 0.6) is 0 Å². The molecule has 6 aromatic rings. The summed E-state index contributed by atoms with van der Waals surface area (Å²) in [4.78, 5) is 4.63. The van der Waals surface area contributed by atoms with Crippen LogP contribution >= 0.6 is 0 Å². The summed E-state index contributed by atoms with van der Waals surface area (Å²) in [6, 6.07) is 33.7. The van der Waals surface area contributed by atoms with E-state index in [1.54, 1.807) is 0 Å². The second kappa shape index (κ2) is 6.49. The molecule has 0 saturated heterocycles. The lowest BCUT2D eigenvalue weighted by atomic mass is 9.80. The maximum atomic E-state index is 4.63. The monoisotopic (exact) mass is 448 g/mol. The third kappa shape index (κ3) is 2.37. The van der Waals surface area contributed by atoms with Gasteiger partial charge in [-0.05, 0) is 63.4 Å². The lowest BCUT2D eigenvalue weighted by Gasteiger charge is -2.23. The Morgan fingerprint density at radius 3 is 2.46 bits per heavy atom. The van der Waals surface area contributed by atoms with Crippen LogP contribution in [0.3, 0.4) is 0 Å². The van der Waals surface area contributed by atoms with E-state index in [2.05, 4.69) is 114 Å². The summed E-state index contributed by atoms with van der Waals surface area (Å²) in [6.07, 6.45) is 2.91. The molecule has 166 valence electrons. The molecule has 2 heteroatoms. The number of nitrogens with zero attached hydrogens (tertiary/aromatic N) is 2. The molecule has 8 rings (SSSR count). The van der Waals surface area contributed by atoms with Crippen molar-refractivity contribution in [3.63, 3.8) is 0 Å². The van der Waals surface area contributed by atoms with Gasteiger partial charge >= 0.3 is 0 Å². The van der Waals surface area contributed by atoms with E-state index in [0.717, 1.165) is 12.1 Å². The van der Waals surface area contributed by atoms with E-state index in [-0.39, 0.29) is 5.41 Å². The molecule has 2 nitrogen and oxygen atoms in total. The maximum absolute atomic E-state index is 4.63. The standard InChI is InChI=1S/C33H24N2/c1-33(2)27-18-26-22-10-5-6-12-29(22)35(30-13-7-11-28-24(30)16-17-34-28)31(26)19-25(27)23-15-14-20-8-3-4-9-21(20)32(23)33/h3-15,17-19H,16H2,1-2H3. The summed E-state index contributed by atoms with van der Waals surface area (Å²) in [5.41, 5.74) is 11.7. The summed E-state index contributed by atoms with van der Waals surface area (Å²) in [5, 5.41) is 5.30. The Labute approximate surface area is 204 Å². The second-order valence-electron chi connectivity index (χ2n) is 10.4. The van der Waals surface area contributed by atoms with Crippen molar-refractivity contribution in [3.8, 4) is 16.8 Å². The highest BCUT2D eigenvalue weighted by Gasteiger charge is 2.37. The van der Waals surface area contributed by atoms with Crippen LogP contribution in [-0.4, -0.2) is 10.8 Å². The van der Waals surface area contributed by atoms with Crippen LogP contribution < -0.4 is 0 Å². The van der Waals surface area contributed by atoms with Crippen molar-refractivity contribution in [2.45, 2.75) is 25.7 Å². The SMILES string of the molecule is CC1(C)c2cc3c4ccccc4n(-c4cccc5c4CC=N5)c3cc2-c2ccc3ccccc3c21. The number of rotatable bonds is 1. The van der Waals surface area contributed by atoms with Gasteiger partial charge in [-0.2, -0.15) is 0 Å². The average Bonchev–Trinajstić information content (AvgIpc) is 3.55. The predicted molar refractivity (Wildman–Crippen MR) is 148 cm³/mol. The largest absolute Gasteiger partial charge is 0.309 e. The fourth-order valence-corrected chi connectivity index (χ4v) is 6.66. The summed E-state index contributed by atoms with van der Waals surface area (Å²) in [7, 11) is 0. The van der Waals surface area contributed by atoms with Gasteiger partial charge in [0.2, 0.25) is 0 Å². The minimum atomic E-state index is -0.0647. The number of para-hydroxylation sites is 1. The Morgan fingerprint density at radius 2 is 1.54 bits per heavy atom. The molecular formula is C33H24N2. The van der Waals surface area contributed by atoms with Gasteiger partial charge in [0.25, 0.3) is 0 Å². The Morgan fingerprint density at radius 1 is 0.714 bits per heavy atom. The number of aromatic nitrogens is 1. The third-order valence-corrected chi connectivity index (χ3v) is 8.22. The molecule has 0 atom stereocenters. The number of fused-ring (bicyclic) bond motifs is 9. The maximum Gasteiger partial charge on any atom is 0.0682 e. The zero-order chi connectivity index (χ0) is 23.3. The molecule has 0 saturated carbocycles. The van der Waals surface area contributed by atoms with Gasteiger partial charge in [-0.25, -0.2) is 0 Å². The van der Waals surface area contributed by atoms with Crippen molar-refractivity contribution in [3.05, 3.63) is 108 Å². The third-order valence-electron chi connectivity index (χ3n) is 8.22. The van der Waals surface area contributed by atoms with Gasteiger partial charge < -0.3 is 4.57 Å². The molecule has 35 heavy (non-hydrogen) atoms. The van der Waals surface area contributed by atoms with Crippen molar-refractivity contribution in [2.75, 3.05) is 0 Å². The molecule has 1 aliphatic heterocycles. The lowest BCUT2D eigenvalue weighted by Crippen LogP contribution is -2.15. The first-order valence-electron chi connectivity index (χ1n) is 12.4. The second-order valence-corrected chi connectivity index (χ2v) is 10.4. The fourth-order valence-electron chi connectivity index (χ4n) is 6.66. The molecule has 2 aliphatic rings. The summed E-state index contributed by atoms with van der Waals surface area (Å²) in [5.74, 6) is 0. The van der Waals surface area contributed by atoms with Crippen molar-refractivity contribution in [1.29, 1.82) is 0 Å². The first-order chi connectivity index (χ1) is 17.1. The van der Waals surface area contributed by atoms with Gasteiger partial charge in [0.05, 0.1) is 22.4 Å². The summed E-state index contributed by atoms with van der Waals surface area (Å²) in [6.45, 7) is 4.77. The summed E-state index contributed by atoms with van der Waals surface area (Å²) < 4.78 is 2.46. The van der Waals surface area contributed by atoms with E-state index in [9.17, 15) is 0 Å². The van der Waals surface area contributed by atoms with E-state index in [1.807, 2.05) is 6.21 Å². The quantitative estimate of drug-likeness (QED) is 0.240. The van der Waals surface area contributed by atoms with Crippen molar-refractivity contribution >= 4 is 44.5 Å². The van der Waals surface area contributed by atoms with Gasteiger partial charge in [0.15, 0.2) is 0 Å². The van der Waals surface area contributed by atoms with Crippen LogP contribution in [0.2, 0.25) is 0 Å². The normalized spacial score (nSPS) is 15.1.